The third kappa shape index (κ3) is 6.63. The SMILES string of the molecule is COC(=O)CCCCCCC1C(O)CC(OC2CCCCO2)C1CC=O. The molecule has 26 heavy (non-hydrogen) atoms. The molecule has 1 heterocycles. The molecule has 5 unspecified atom stereocenters. The fourth-order valence-electron chi connectivity index (χ4n) is 4.27. The van der Waals surface area contributed by atoms with E-state index in [1.807, 2.05) is 0 Å². The zero-order valence-electron chi connectivity index (χ0n) is 15.9. The zero-order chi connectivity index (χ0) is 18.8. The van der Waals surface area contributed by atoms with Crippen LogP contribution in [0.2, 0.25) is 0 Å². The summed E-state index contributed by atoms with van der Waals surface area (Å²) in [7, 11) is 1.41. The summed E-state index contributed by atoms with van der Waals surface area (Å²) in [6.45, 7) is 0.729. The minimum absolute atomic E-state index is 0.0723. The first kappa shape index (κ1) is 21.3. The van der Waals surface area contributed by atoms with E-state index in [1.54, 1.807) is 0 Å². The Balaban J connectivity index is 1.74. The van der Waals surface area contributed by atoms with E-state index in [4.69, 9.17) is 9.47 Å². The van der Waals surface area contributed by atoms with Crippen molar-refractivity contribution >= 4 is 12.3 Å². The molecule has 0 bridgehead atoms. The van der Waals surface area contributed by atoms with Crippen molar-refractivity contribution in [2.45, 2.75) is 89.1 Å². The summed E-state index contributed by atoms with van der Waals surface area (Å²) >= 11 is 0. The number of carbonyl (C=O) groups excluding carboxylic acids is 2. The number of hydrogen-bond donors (Lipinski definition) is 1. The van der Waals surface area contributed by atoms with Gasteiger partial charge in [-0.25, -0.2) is 0 Å². The maximum atomic E-state index is 11.1. The lowest BCUT2D eigenvalue weighted by Gasteiger charge is -2.29. The average molecular weight is 370 g/mol. The van der Waals surface area contributed by atoms with Crippen LogP contribution in [0.1, 0.15) is 70.6 Å². The second kappa shape index (κ2) is 11.7. The molecule has 0 amide bonds. The molecule has 0 aromatic carbocycles. The van der Waals surface area contributed by atoms with Crippen molar-refractivity contribution in [3.05, 3.63) is 0 Å². The van der Waals surface area contributed by atoms with Gasteiger partial charge in [0.25, 0.3) is 0 Å². The predicted molar refractivity (Wildman–Crippen MR) is 96.5 cm³/mol. The lowest BCUT2D eigenvalue weighted by Crippen LogP contribution is -2.31. The van der Waals surface area contributed by atoms with Crippen molar-refractivity contribution < 1.29 is 28.9 Å². The Morgan fingerprint density at radius 1 is 1.19 bits per heavy atom. The van der Waals surface area contributed by atoms with Crippen LogP contribution < -0.4 is 0 Å². The highest BCUT2D eigenvalue weighted by molar-refractivity contribution is 5.68. The second-order valence-electron chi connectivity index (χ2n) is 7.53. The molecule has 0 aromatic heterocycles. The van der Waals surface area contributed by atoms with Gasteiger partial charge >= 0.3 is 5.97 Å². The monoisotopic (exact) mass is 370 g/mol. The van der Waals surface area contributed by atoms with Gasteiger partial charge in [-0.05, 0) is 43.9 Å². The van der Waals surface area contributed by atoms with E-state index >= 15 is 0 Å². The Morgan fingerprint density at radius 2 is 2.00 bits per heavy atom. The molecule has 2 rings (SSSR count). The quantitative estimate of drug-likeness (QED) is 0.342. The topological polar surface area (TPSA) is 82.1 Å². The number of carbonyl (C=O) groups is 2. The van der Waals surface area contributed by atoms with E-state index in [9.17, 15) is 14.7 Å². The zero-order valence-corrected chi connectivity index (χ0v) is 15.9. The molecule has 1 aliphatic heterocycles. The second-order valence-corrected chi connectivity index (χ2v) is 7.53. The Hall–Kier alpha value is -0.980. The molecule has 150 valence electrons. The highest BCUT2D eigenvalue weighted by atomic mass is 16.7. The number of rotatable bonds is 11. The van der Waals surface area contributed by atoms with Crippen LogP contribution >= 0.6 is 0 Å². The molecule has 2 fully saturated rings. The lowest BCUT2D eigenvalue weighted by atomic mass is 9.86. The van der Waals surface area contributed by atoms with Gasteiger partial charge < -0.3 is 24.1 Å². The number of esters is 1. The van der Waals surface area contributed by atoms with E-state index in [1.165, 1.54) is 7.11 Å². The van der Waals surface area contributed by atoms with Crippen LogP contribution in [-0.2, 0) is 23.8 Å². The van der Waals surface area contributed by atoms with Crippen molar-refractivity contribution in [3.8, 4) is 0 Å². The van der Waals surface area contributed by atoms with Gasteiger partial charge in [0.05, 0.1) is 19.3 Å². The van der Waals surface area contributed by atoms with E-state index in [0.717, 1.165) is 64.3 Å². The van der Waals surface area contributed by atoms with E-state index in [2.05, 4.69) is 4.74 Å². The first-order valence-electron chi connectivity index (χ1n) is 10.1. The number of hydrogen-bond acceptors (Lipinski definition) is 6. The molecule has 5 atom stereocenters. The summed E-state index contributed by atoms with van der Waals surface area (Å²) in [6, 6.07) is 0. The number of methoxy groups -OCH3 is 1. The van der Waals surface area contributed by atoms with E-state index < -0.39 is 6.10 Å². The molecule has 1 aliphatic carbocycles. The predicted octanol–water partition coefficient (Wildman–Crippen LogP) is 3.00. The van der Waals surface area contributed by atoms with Crippen LogP contribution in [0.15, 0.2) is 0 Å². The first-order chi connectivity index (χ1) is 12.7. The smallest absolute Gasteiger partial charge is 0.305 e. The Morgan fingerprint density at radius 3 is 2.69 bits per heavy atom. The molecule has 0 spiro atoms. The third-order valence-electron chi connectivity index (χ3n) is 5.72. The number of unbranched alkanes of at least 4 members (excludes halogenated alkanes) is 3. The first-order valence-corrected chi connectivity index (χ1v) is 10.1. The van der Waals surface area contributed by atoms with Crippen molar-refractivity contribution in [1.82, 2.24) is 0 Å². The molecular weight excluding hydrogens is 336 g/mol. The van der Waals surface area contributed by atoms with Gasteiger partial charge in [-0.2, -0.15) is 0 Å². The number of aliphatic hydroxyl groups is 1. The molecule has 6 nitrogen and oxygen atoms in total. The lowest BCUT2D eigenvalue weighted by molar-refractivity contribution is -0.196. The summed E-state index contributed by atoms with van der Waals surface area (Å²) in [4.78, 5) is 22.2. The molecule has 2 aliphatic rings. The summed E-state index contributed by atoms with van der Waals surface area (Å²) in [5, 5.41) is 10.5. The molecule has 0 aromatic rings. The van der Waals surface area contributed by atoms with E-state index in [0.29, 0.717) is 19.3 Å². The number of ether oxygens (including phenoxy) is 3. The van der Waals surface area contributed by atoms with Crippen LogP contribution in [0, 0.1) is 11.8 Å². The Bertz CT molecular complexity index is 421. The highest BCUT2D eigenvalue weighted by Crippen LogP contribution is 2.40. The molecule has 1 N–H and O–H groups in total. The molecule has 6 heteroatoms. The third-order valence-corrected chi connectivity index (χ3v) is 5.72. The van der Waals surface area contributed by atoms with Gasteiger partial charge in [0.15, 0.2) is 6.29 Å². The van der Waals surface area contributed by atoms with Crippen LogP contribution in [-0.4, -0.2) is 49.6 Å². The fraction of sp³-hybridized carbons (Fsp3) is 0.900. The van der Waals surface area contributed by atoms with E-state index in [-0.39, 0.29) is 30.2 Å². The summed E-state index contributed by atoms with van der Waals surface area (Å²) < 4.78 is 16.4. The Kier molecular flexibility index (Phi) is 9.57. The van der Waals surface area contributed by atoms with Crippen molar-refractivity contribution in [3.63, 3.8) is 0 Å². The van der Waals surface area contributed by atoms with Crippen molar-refractivity contribution in [2.75, 3.05) is 13.7 Å². The van der Waals surface area contributed by atoms with Crippen molar-refractivity contribution in [2.24, 2.45) is 11.8 Å². The van der Waals surface area contributed by atoms with Crippen molar-refractivity contribution in [1.29, 1.82) is 0 Å². The van der Waals surface area contributed by atoms with Crippen LogP contribution in [0.4, 0.5) is 0 Å². The Labute approximate surface area is 156 Å². The maximum absolute atomic E-state index is 11.1. The largest absolute Gasteiger partial charge is 0.469 e. The van der Waals surface area contributed by atoms with Gasteiger partial charge in [0.1, 0.15) is 6.29 Å². The number of aliphatic hydroxyl groups excluding tert-OH is 1. The van der Waals surface area contributed by atoms with Gasteiger partial charge in [-0.1, -0.05) is 19.3 Å². The van der Waals surface area contributed by atoms with Gasteiger partial charge in [-0.15, -0.1) is 0 Å². The van der Waals surface area contributed by atoms with Crippen LogP contribution in [0.25, 0.3) is 0 Å². The van der Waals surface area contributed by atoms with Crippen LogP contribution in [0.5, 0.6) is 0 Å². The standard InChI is InChI=1S/C20H34O6/c1-24-19(23)9-5-3-2-4-8-15-16(11-12-21)18(14-17(15)22)26-20-10-6-7-13-25-20/h12,15-18,20,22H,2-11,13-14H2,1H3. The minimum atomic E-state index is -0.413. The summed E-state index contributed by atoms with van der Waals surface area (Å²) in [5.74, 6) is 0.0182. The minimum Gasteiger partial charge on any atom is -0.469 e. The number of aldehydes is 1. The fourth-order valence-corrected chi connectivity index (χ4v) is 4.27. The summed E-state index contributed by atoms with van der Waals surface area (Å²) in [6.07, 6.45) is 9.53. The maximum Gasteiger partial charge on any atom is 0.305 e. The van der Waals surface area contributed by atoms with Gasteiger partial charge in [0, 0.05) is 25.9 Å². The molecule has 1 saturated heterocycles. The van der Waals surface area contributed by atoms with Gasteiger partial charge in [-0.3, -0.25) is 4.79 Å². The summed E-state index contributed by atoms with van der Waals surface area (Å²) in [5.41, 5.74) is 0. The molecular formula is C20H34O6. The van der Waals surface area contributed by atoms with Gasteiger partial charge in [0.2, 0.25) is 0 Å². The normalized spacial score (nSPS) is 31.7. The molecule has 1 saturated carbocycles. The highest BCUT2D eigenvalue weighted by Gasteiger charge is 2.43. The van der Waals surface area contributed by atoms with Crippen LogP contribution in [0.3, 0.4) is 0 Å². The average Bonchev–Trinajstić information content (AvgIpc) is 2.93. The molecule has 0 radical (unpaired) electrons.